The fourth-order valence-corrected chi connectivity index (χ4v) is 1.27. The Hall–Kier alpha value is -1.51. The lowest BCUT2D eigenvalue weighted by Gasteiger charge is -2.33. The quantitative estimate of drug-likeness (QED) is 0.705. The molecular formula is C12H15NO2. The maximum atomic E-state index is 5.71. The van der Waals surface area contributed by atoms with Gasteiger partial charge in [0.25, 0.3) is 5.90 Å². The van der Waals surface area contributed by atoms with Gasteiger partial charge in [0.1, 0.15) is 6.10 Å². The van der Waals surface area contributed by atoms with Crippen molar-refractivity contribution in [2.45, 2.75) is 32.5 Å². The number of rotatable bonds is 1. The zero-order chi connectivity index (χ0) is 10.9. The molecule has 80 valence electrons. The highest BCUT2D eigenvalue weighted by molar-refractivity contribution is 5.94. The average molecular weight is 205 g/mol. The molecule has 1 unspecified atom stereocenters. The van der Waals surface area contributed by atoms with Crippen molar-refractivity contribution in [1.82, 2.24) is 0 Å². The molecule has 0 radical (unpaired) electrons. The van der Waals surface area contributed by atoms with Crippen LogP contribution in [0.25, 0.3) is 0 Å². The maximum absolute atomic E-state index is 5.71. The van der Waals surface area contributed by atoms with Gasteiger partial charge >= 0.3 is 0 Å². The molecular weight excluding hydrogens is 190 g/mol. The Labute approximate surface area is 89.7 Å². The molecule has 0 aliphatic carbocycles. The molecule has 1 aliphatic rings. The van der Waals surface area contributed by atoms with Gasteiger partial charge in [-0.1, -0.05) is 18.2 Å². The third kappa shape index (κ3) is 1.96. The molecule has 0 saturated heterocycles. The van der Waals surface area contributed by atoms with Crippen molar-refractivity contribution in [1.29, 1.82) is 0 Å². The molecule has 0 saturated carbocycles. The molecule has 1 atom stereocenters. The van der Waals surface area contributed by atoms with E-state index in [0.29, 0.717) is 5.90 Å². The van der Waals surface area contributed by atoms with Gasteiger partial charge in [0.15, 0.2) is 5.60 Å². The standard InChI is InChI=1S/C12H15NO2/c1-9-12(2,3)15-13-11(14-9)10-7-5-4-6-8-10/h4-9H,1-3H3. The average Bonchev–Trinajstić information content (AvgIpc) is 2.23. The van der Waals surface area contributed by atoms with E-state index in [2.05, 4.69) is 5.16 Å². The topological polar surface area (TPSA) is 30.8 Å². The summed E-state index contributed by atoms with van der Waals surface area (Å²) in [7, 11) is 0. The van der Waals surface area contributed by atoms with Gasteiger partial charge in [0, 0.05) is 5.56 Å². The van der Waals surface area contributed by atoms with Gasteiger partial charge in [-0.3, -0.25) is 0 Å². The molecule has 0 amide bonds. The van der Waals surface area contributed by atoms with Crippen LogP contribution >= 0.6 is 0 Å². The van der Waals surface area contributed by atoms with Crippen LogP contribution in [0, 0.1) is 0 Å². The van der Waals surface area contributed by atoms with Gasteiger partial charge < -0.3 is 9.57 Å². The van der Waals surface area contributed by atoms with Gasteiger partial charge in [0.2, 0.25) is 0 Å². The van der Waals surface area contributed by atoms with Gasteiger partial charge in [-0.25, -0.2) is 0 Å². The number of hydrogen-bond donors (Lipinski definition) is 0. The highest BCUT2D eigenvalue weighted by Gasteiger charge is 2.35. The Kier molecular flexibility index (Phi) is 2.39. The zero-order valence-corrected chi connectivity index (χ0v) is 9.23. The van der Waals surface area contributed by atoms with E-state index in [1.807, 2.05) is 51.1 Å². The van der Waals surface area contributed by atoms with Crippen molar-refractivity contribution < 1.29 is 9.57 Å². The van der Waals surface area contributed by atoms with Crippen molar-refractivity contribution in [2.75, 3.05) is 0 Å². The predicted octanol–water partition coefficient (Wildman–Crippen LogP) is 2.56. The van der Waals surface area contributed by atoms with Crippen LogP contribution in [0.2, 0.25) is 0 Å². The Morgan fingerprint density at radius 2 is 1.87 bits per heavy atom. The summed E-state index contributed by atoms with van der Waals surface area (Å²) in [5, 5.41) is 4.00. The minimum Gasteiger partial charge on any atom is -0.468 e. The molecule has 0 spiro atoms. The maximum Gasteiger partial charge on any atom is 0.258 e. The van der Waals surface area contributed by atoms with Crippen LogP contribution in [0.5, 0.6) is 0 Å². The largest absolute Gasteiger partial charge is 0.468 e. The van der Waals surface area contributed by atoms with Crippen molar-refractivity contribution in [3.05, 3.63) is 35.9 Å². The molecule has 3 nitrogen and oxygen atoms in total. The van der Waals surface area contributed by atoms with E-state index in [0.717, 1.165) is 5.56 Å². The minimum atomic E-state index is -0.363. The molecule has 0 fully saturated rings. The first-order chi connectivity index (χ1) is 7.09. The second kappa shape index (κ2) is 3.57. The molecule has 0 aromatic heterocycles. The van der Waals surface area contributed by atoms with Crippen molar-refractivity contribution in [2.24, 2.45) is 5.16 Å². The van der Waals surface area contributed by atoms with E-state index in [4.69, 9.17) is 9.57 Å². The smallest absolute Gasteiger partial charge is 0.258 e. The number of nitrogens with zero attached hydrogens (tertiary/aromatic N) is 1. The third-order valence-electron chi connectivity index (χ3n) is 2.65. The summed E-state index contributed by atoms with van der Waals surface area (Å²) in [6.45, 7) is 5.91. The molecule has 1 aromatic carbocycles. The monoisotopic (exact) mass is 205 g/mol. The molecule has 15 heavy (non-hydrogen) atoms. The van der Waals surface area contributed by atoms with Gasteiger partial charge in [-0.05, 0) is 38.1 Å². The number of ether oxygens (including phenoxy) is 1. The fraction of sp³-hybridized carbons (Fsp3) is 0.417. The summed E-state index contributed by atoms with van der Waals surface area (Å²) >= 11 is 0. The van der Waals surface area contributed by atoms with Crippen LogP contribution in [0.4, 0.5) is 0 Å². The van der Waals surface area contributed by atoms with E-state index >= 15 is 0 Å². The second-order valence-electron chi connectivity index (χ2n) is 4.22. The van der Waals surface area contributed by atoms with Gasteiger partial charge in [-0.2, -0.15) is 0 Å². The normalized spacial score (nSPS) is 23.7. The molecule has 2 rings (SSSR count). The van der Waals surface area contributed by atoms with Crippen molar-refractivity contribution >= 4 is 5.90 Å². The molecule has 0 N–H and O–H groups in total. The Morgan fingerprint density at radius 3 is 2.47 bits per heavy atom. The van der Waals surface area contributed by atoms with Crippen LogP contribution in [0.15, 0.2) is 35.5 Å². The van der Waals surface area contributed by atoms with Crippen LogP contribution in [0.1, 0.15) is 26.3 Å². The lowest BCUT2D eigenvalue weighted by Crippen LogP contribution is -2.42. The lowest BCUT2D eigenvalue weighted by molar-refractivity contribution is -0.113. The number of benzene rings is 1. The molecule has 1 heterocycles. The SMILES string of the molecule is CC1OC(c2ccccc2)=NOC1(C)C. The number of oxime groups is 1. The van der Waals surface area contributed by atoms with E-state index < -0.39 is 0 Å². The van der Waals surface area contributed by atoms with Gasteiger partial charge in [-0.15, -0.1) is 0 Å². The summed E-state index contributed by atoms with van der Waals surface area (Å²) in [4.78, 5) is 5.41. The minimum absolute atomic E-state index is 0.00907. The van der Waals surface area contributed by atoms with Gasteiger partial charge in [0.05, 0.1) is 0 Å². The van der Waals surface area contributed by atoms with E-state index in [1.165, 1.54) is 0 Å². The first-order valence-electron chi connectivity index (χ1n) is 5.08. The summed E-state index contributed by atoms with van der Waals surface area (Å²) in [6, 6.07) is 9.76. The Balaban J connectivity index is 2.24. The summed E-state index contributed by atoms with van der Waals surface area (Å²) in [6.07, 6.45) is -0.00907. The number of hydrogen-bond acceptors (Lipinski definition) is 3. The molecule has 1 aromatic rings. The first-order valence-corrected chi connectivity index (χ1v) is 5.08. The van der Waals surface area contributed by atoms with Crippen LogP contribution in [-0.4, -0.2) is 17.6 Å². The van der Waals surface area contributed by atoms with Crippen LogP contribution in [-0.2, 0) is 9.57 Å². The predicted molar refractivity (Wildman–Crippen MR) is 58.7 cm³/mol. The molecule has 0 bridgehead atoms. The van der Waals surface area contributed by atoms with E-state index in [1.54, 1.807) is 0 Å². The molecule has 1 aliphatic heterocycles. The highest BCUT2D eigenvalue weighted by atomic mass is 16.7. The van der Waals surface area contributed by atoms with E-state index in [-0.39, 0.29) is 11.7 Å². The summed E-state index contributed by atoms with van der Waals surface area (Å²) in [5.41, 5.74) is 0.581. The van der Waals surface area contributed by atoms with Crippen molar-refractivity contribution in [3.63, 3.8) is 0 Å². The Bertz CT molecular complexity index is 370. The highest BCUT2D eigenvalue weighted by Crippen LogP contribution is 2.24. The zero-order valence-electron chi connectivity index (χ0n) is 9.23. The molecule has 3 heteroatoms. The van der Waals surface area contributed by atoms with Crippen molar-refractivity contribution in [3.8, 4) is 0 Å². The van der Waals surface area contributed by atoms with Crippen LogP contribution in [0.3, 0.4) is 0 Å². The lowest BCUT2D eigenvalue weighted by atomic mass is 10.0. The van der Waals surface area contributed by atoms with Crippen LogP contribution < -0.4 is 0 Å². The second-order valence-corrected chi connectivity index (χ2v) is 4.22. The third-order valence-corrected chi connectivity index (χ3v) is 2.65. The Morgan fingerprint density at radius 1 is 1.20 bits per heavy atom. The summed E-state index contributed by atoms with van der Waals surface area (Å²) in [5.74, 6) is 0.558. The summed E-state index contributed by atoms with van der Waals surface area (Å²) < 4.78 is 5.71. The fourth-order valence-electron chi connectivity index (χ4n) is 1.27. The van der Waals surface area contributed by atoms with E-state index in [9.17, 15) is 0 Å². The first kappa shape index (κ1) is 10.0.